The third kappa shape index (κ3) is 4.82. The predicted molar refractivity (Wildman–Crippen MR) is 100 cm³/mol. The molecule has 0 bridgehead atoms. The number of rotatable bonds is 6. The topological polar surface area (TPSA) is 51.7 Å². The Morgan fingerprint density at radius 1 is 1.23 bits per heavy atom. The minimum Gasteiger partial charge on any atom is -0.487 e. The van der Waals surface area contributed by atoms with Crippen LogP contribution in [-0.4, -0.2) is 42.6 Å². The summed E-state index contributed by atoms with van der Waals surface area (Å²) in [5.41, 5.74) is 2.66. The standard InChI is InChI=1S/C21H26N2O3/c1-16-6-7-20(13-22-16)26-15-18-4-3-5-19(12-18)21(24)23-10-8-17(9-11-23)14-25-2/h3-7,12-13,17H,8-11,14-15H2,1-2H3. The van der Waals surface area contributed by atoms with Crippen molar-refractivity contribution in [2.24, 2.45) is 5.92 Å². The number of carbonyl (C=O) groups is 1. The Labute approximate surface area is 155 Å². The molecular formula is C21H26N2O3. The number of ether oxygens (including phenoxy) is 2. The monoisotopic (exact) mass is 354 g/mol. The zero-order chi connectivity index (χ0) is 18.4. The lowest BCUT2D eigenvalue weighted by atomic mass is 9.97. The molecule has 2 aromatic rings. The van der Waals surface area contributed by atoms with Crippen molar-refractivity contribution in [2.75, 3.05) is 26.8 Å². The molecule has 0 aliphatic carbocycles. The number of aryl methyl sites for hydroxylation is 1. The molecule has 1 amide bonds. The molecule has 138 valence electrons. The van der Waals surface area contributed by atoms with Gasteiger partial charge in [0, 0.05) is 38.1 Å². The molecule has 1 aliphatic heterocycles. The minimum atomic E-state index is 0.0970. The van der Waals surface area contributed by atoms with E-state index in [4.69, 9.17) is 9.47 Å². The smallest absolute Gasteiger partial charge is 0.253 e. The summed E-state index contributed by atoms with van der Waals surface area (Å²) in [6, 6.07) is 11.5. The average molecular weight is 354 g/mol. The van der Waals surface area contributed by atoms with Gasteiger partial charge >= 0.3 is 0 Å². The number of benzene rings is 1. The molecule has 0 spiro atoms. The first kappa shape index (κ1) is 18.4. The molecule has 0 unspecified atom stereocenters. The predicted octanol–water partition coefficient (Wildman–Crippen LogP) is 3.47. The Hall–Kier alpha value is -2.40. The SMILES string of the molecule is COCC1CCN(C(=O)c2cccc(COc3ccc(C)nc3)c2)CC1. The van der Waals surface area contributed by atoms with Gasteiger partial charge in [-0.05, 0) is 55.5 Å². The molecule has 0 N–H and O–H groups in total. The van der Waals surface area contributed by atoms with Gasteiger partial charge in [-0.1, -0.05) is 12.1 Å². The first-order chi connectivity index (χ1) is 12.7. The number of aromatic nitrogens is 1. The highest BCUT2D eigenvalue weighted by molar-refractivity contribution is 5.94. The molecule has 26 heavy (non-hydrogen) atoms. The number of piperidine rings is 1. The summed E-state index contributed by atoms with van der Waals surface area (Å²) in [7, 11) is 1.73. The number of likely N-dealkylation sites (tertiary alicyclic amines) is 1. The number of amides is 1. The van der Waals surface area contributed by atoms with E-state index in [2.05, 4.69) is 4.98 Å². The highest BCUT2D eigenvalue weighted by Crippen LogP contribution is 2.20. The Morgan fingerprint density at radius 3 is 2.73 bits per heavy atom. The Bertz CT molecular complexity index is 722. The van der Waals surface area contributed by atoms with E-state index in [1.807, 2.05) is 48.2 Å². The molecule has 5 nitrogen and oxygen atoms in total. The van der Waals surface area contributed by atoms with Crippen LogP contribution in [-0.2, 0) is 11.3 Å². The van der Waals surface area contributed by atoms with Crippen LogP contribution in [0.3, 0.4) is 0 Å². The summed E-state index contributed by atoms with van der Waals surface area (Å²) in [5, 5.41) is 0. The average Bonchev–Trinajstić information content (AvgIpc) is 2.68. The van der Waals surface area contributed by atoms with E-state index in [-0.39, 0.29) is 5.91 Å². The van der Waals surface area contributed by atoms with E-state index in [0.29, 0.717) is 12.5 Å². The lowest BCUT2D eigenvalue weighted by Gasteiger charge is -2.31. The second kappa shape index (κ2) is 8.81. The fourth-order valence-corrected chi connectivity index (χ4v) is 3.22. The summed E-state index contributed by atoms with van der Waals surface area (Å²) in [4.78, 5) is 18.9. The summed E-state index contributed by atoms with van der Waals surface area (Å²) >= 11 is 0. The molecule has 1 saturated heterocycles. The molecule has 1 fully saturated rings. The lowest BCUT2D eigenvalue weighted by Crippen LogP contribution is -2.39. The molecule has 3 rings (SSSR count). The van der Waals surface area contributed by atoms with Gasteiger partial charge < -0.3 is 14.4 Å². The van der Waals surface area contributed by atoms with Gasteiger partial charge in [-0.2, -0.15) is 0 Å². The van der Waals surface area contributed by atoms with Gasteiger partial charge in [-0.15, -0.1) is 0 Å². The van der Waals surface area contributed by atoms with Gasteiger partial charge in [-0.3, -0.25) is 9.78 Å². The van der Waals surface area contributed by atoms with Gasteiger partial charge in [0.2, 0.25) is 0 Å². The molecule has 1 aromatic carbocycles. The van der Waals surface area contributed by atoms with Crippen molar-refractivity contribution in [3.8, 4) is 5.75 Å². The molecule has 1 aliphatic rings. The van der Waals surface area contributed by atoms with Gasteiger partial charge in [0.15, 0.2) is 0 Å². The van der Waals surface area contributed by atoms with Crippen LogP contribution < -0.4 is 4.74 Å². The molecule has 0 saturated carbocycles. The van der Waals surface area contributed by atoms with Crippen LogP contribution in [0.15, 0.2) is 42.6 Å². The Balaban J connectivity index is 1.58. The van der Waals surface area contributed by atoms with Crippen LogP contribution >= 0.6 is 0 Å². The number of pyridine rings is 1. The van der Waals surface area contributed by atoms with Crippen molar-refractivity contribution in [3.63, 3.8) is 0 Å². The fraction of sp³-hybridized carbons (Fsp3) is 0.429. The van der Waals surface area contributed by atoms with Crippen LogP contribution in [0.1, 0.15) is 34.5 Å². The molecule has 1 aromatic heterocycles. The van der Waals surface area contributed by atoms with Gasteiger partial charge in [-0.25, -0.2) is 0 Å². The van der Waals surface area contributed by atoms with E-state index in [0.717, 1.165) is 55.1 Å². The molecular weight excluding hydrogens is 328 g/mol. The van der Waals surface area contributed by atoms with E-state index in [1.54, 1.807) is 13.3 Å². The highest BCUT2D eigenvalue weighted by atomic mass is 16.5. The van der Waals surface area contributed by atoms with E-state index < -0.39 is 0 Å². The van der Waals surface area contributed by atoms with E-state index >= 15 is 0 Å². The Morgan fingerprint density at radius 2 is 2.04 bits per heavy atom. The molecule has 0 atom stereocenters. The number of methoxy groups -OCH3 is 1. The van der Waals surface area contributed by atoms with E-state index in [9.17, 15) is 4.79 Å². The first-order valence-corrected chi connectivity index (χ1v) is 9.08. The minimum absolute atomic E-state index is 0.0970. The molecule has 0 radical (unpaired) electrons. The maximum atomic E-state index is 12.8. The maximum Gasteiger partial charge on any atom is 0.253 e. The van der Waals surface area contributed by atoms with Gasteiger partial charge in [0.05, 0.1) is 6.20 Å². The molecule has 2 heterocycles. The van der Waals surface area contributed by atoms with Crippen LogP contribution in [0.5, 0.6) is 5.75 Å². The van der Waals surface area contributed by atoms with Crippen molar-refractivity contribution in [2.45, 2.75) is 26.4 Å². The highest BCUT2D eigenvalue weighted by Gasteiger charge is 2.23. The van der Waals surface area contributed by atoms with Crippen molar-refractivity contribution < 1.29 is 14.3 Å². The van der Waals surface area contributed by atoms with Crippen molar-refractivity contribution in [1.82, 2.24) is 9.88 Å². The molecule has 5 heteroatoms. The van der Waals surface area contributed by atoms with Crippen LogP contribution in [0.4, 0.5) is 0 Å². The maximum absolute atomic E-state index is 12.8. The number of nitrogens with zero attached hydrogens (tertiary/aromatic N) is 2. The van der Waals surface area contributed by atoms with Gasteiger partial charge in [0.25, 0.3) is 5.91 Å². The van der Waals surface area contributed by atoms with Crippen molar-refractivity contribution in [1.29, 1.82) is 0 Å². The second-order valence-electron chi connectivity index (χ2n) is 6.82. The quantitative estimate of drug-likeness (QED) is 0.797. The van der Waals surface area contributed by atoms with Crippen LogP contribution in [0.2, 0.25) is 0 Å². The van der Waals surface area contributed by atoms with E-state index in [1.165, 1.54) is 0 Å². The third-order valence-corrected chi connectivity index (χ3v) is 4.77. The zero-order valence-electron chi connectivity index (χ0n) is 15.5. The van der Waals surface area contributed by atoms with Crippen molar-refractivity contribution >= 4 is 5.91 Å². The summed E-state index contributed by atoms with van der Waals surface area (Å²) in [6.45, 7) is 4.73. The number of hydrogen-bond acceptors (Lipinski definition) is 4. The number of carbonyl (C=O) groups excluding carboxylic acids is 1. The fourth-order valence-electron chi connectivity index (χ4n) is 3.22. The third-order valence-electron chi connectivity index (χ3n) is 4.77. The Kier molecular flexibility index (Phi) is 6.23. The van der Waals surface area contributed by atoms with Crippen LogP contribution in [0.25, 0.3) is 0 Å². The number of hydrogen-bond donors (Lipinski definition) is 0. The van der Waals surface area contributed by atoms with Crippen LogP contribution in [0, 0.1) is 12.8 Å². The second-order valence-corrected chi connectivity index (χ2v) is 6.82. The van der Waals surface area contributed by atoms with Crippen molar-refractivity contribution in [3.05, 3.63) is 59.4 Å². The summed E-state index contributed by atoms with van der Waals surface area (Å²) < 4.78 is 11.0. The normalized spacial score (nSPS) is 15.1. The first-order valence-electron chi connectivity index (χ1n) is 9.08. The lowest BCUT2D eigenvalue weighted by molar-refractivity contribution is 0.0613. The summed E-state index contributed by atoms with van der Waals surface area (Å²) in [5.74, 6) is 1.39. The summed E-state index contributed by atoms with van der Waals surface area (Å²) in [6.07, 6.45) is 3.72. The van der Waals surface area contributed by atoms with Gasteiger partial charge in [0.1, 0.15) is 12.4 Å². The zero-order valence-corrected chi connectivity index (χ0v) is 15.5. The largest absolute Gasteiger partial charge is 0.487 e.